The van der Waals surface area contributed by atoms with Gasteiger partial charge in [0.05, 0.1) is 5.92 Å². The molecule has 5 nitrogen and oxygen atoms in total. The minimum atomic E-state index is -1.45. The number of carboxylic acid groups (broad SMARTS) is 1. The lowest BCUT2D eigenvalue weighted by Gasteiger charge is -2.14. The average Bonchev–Trinajstić information content (AvgIpc) is 2.24. The highest BCUT2D eigenvalue weighted by Crippen LogP contribution is 2.04. The number of carbonyl (C=O) groups is 2. The Kier molecular flexibility index (Phi) is 7.03. The summed E-state index contributed by atoms with van der Waals surface area (Å²) in [6, 6.07) is 0. The van der Waals surface area contributed by atoms with Gasteiger partial charge >= 0.3 is 5.97 Å². The van der Waals surface area contributed by atoms with Crippen LogP contribution in [0.5, 0.6) is 0 Å². The number of nitrogens with one attached hydrogen (secondary N) is 1. The molecule has 0 saturated heterocycles. The Bertz CT molecular complexity index is 304. The molecule has 0 spiro atoms. The fourth-order valence-corrected chi connectivity index (χ4v) is 2.28. The number of carbonyl (C=O) groups excluding carboxylic acids is 1. The molecule has 0 aromatic heterocycles. The fourth-order valence-electron chi connectivity index (χ4n) is 1.03. The number of rotatable bonds is 7. The fraction of sp³-hybridized carbons (Fsp3) is 0.818. The van der Waals surface area contributed by atoms with Gasteiger partial charge < -0.3 is 10.4 Å². The molecule has 17 heavy (non-hydrogen) atoms. The van der Waals surface area contributed by atoms with E-state index in [2.05, 4.69) is 5.32 Å². The summed E-state index contributed by atoms with van der Waals surface area (Å²) in [5.41, 5.74) is 0. The summed E-state index contributed by atoms with van der Waals surface area (Å²) in [7, 11) is -1.45. The van der Waals surface area contributed by atoms with Gasteiger partial charge in [-0.05, 0) is 12.8 Å². The van der Waals surface area contributed by atoms with Gasteiger partial charge in [0, 0.05) is 23.1 Å². The van der Waals surface area contributed by atoms with E-state index in [1.165, 1.54) is 6.92 Å². The van der Waals surface area contributed by atoms with Gasteiger partial charge in [0.2, 0.25) is 5.91 Å². The van der Waals surface area contributed by atoms with Crippen LogP contribution in [0.3, 0.4) is 0 Å². The summed E-state index contributed by atoms with van der Waals surface area (Å²) in [6.45, 7) is 7.51. The van der Waals surface area contributed by atoms with Crippen LogP contribution in [0.2, 0.25) is 0 Å². The second-order valence-electron chi connectivity index (χ2n) is 4.57. The standard InChI is InChI=1S/C11H21NO4S/c1-7(2)5-12-10(13)9(4)17(16)6-8(3)11(14)15/h7-9H,5-6H2,1-4H3,(H,12,13)(H,14,15). The molecule has 0 aromatic rings. The number of aliphatic carboxylic acids is 1. The van der Waals surface area contributed by atoms with Crippen LogP contribution in [0.25, 0.3) is 0 Å². The summed E-state index contributed by atoms with van der Waals surface area (Å²) in [6.07, 6.45) is 0. The highest BCUT2D eigenvalue weighted by molar-refractivity contribution is 7.86. The van der Waals surface area contributed by atoms with E-state index >= 15 is 0 Å². The predicted octanol–water partition coefficient (Wildman–Crippen LogP) is 0.616. The Hall–Kier alpha value is -0.910. The molecule has 0 heterocycles. The Morgan fingerprint density at radius 1 is 1.24 bits per heavy atom. The minimum Gasteiger partial charge on any atom is -0.481 e. The van der Waals surface area contributed by atoms with Gasteiger partial charge in [-0.2, -0.15) is 0 Å². The number of hydrogen-bond acceptors (Lipinski definition) is 3. The van der Waals surface area contributed by atoms with Crippen molar-refractivity contribution in [1.82, 2.24) is 5.32 Å². The third kappa shape index (κ3) is 6.41. The maximum atomic E-state index is 11.7. The topological polar surface area (TPSA) is 83.5 Å². The highest BCUT2D eigenvalue weighted by atomic mass is 32.2. The zero-order valence-electron chi connectivity index (χ0n) is 10.7. The van der Waals surface area contributed by atoms with Crippen LogP contribution in [0.4, 0.5) is 0 Å². The molecule has 6 heteroatoms. The molecule has 1 amide bonds. The minimum absolute atomic E-state index is 0.00555. The van der Waals surface area contributed by atoms with E-state index in [0.717, 1.165) is 0 Å². The molecule has 0 aromatic carbocycles. The van der Waals surface area contributed by atoms with Crippen molar-refractivity contribution in [2.45, 2.75) is 32.9 Å². The summed E-state index contributed by atoms with van der Waals surface area (Å²) in [5, 5.41) is 10.7. The van der Waals surface area contributed by atoms with Gasteiger partial charge in [0.25, 0.3) is 0 Å². The summed E-state index contributed by atoms with van der Waals surface area (Å²) in [4.78, 5) is 22.2. The molecule has 0 saturated carbocycles. The zero-order chi connectivity index (χ0) is 13.6. The van der Waals surface area contributed by atoms with Crippen molar-refractivity contribution < 1.29 is 18.9 Å². The largest absolute Gasteiger partial charge is 0.481 e. The lowest BCUT2D eigenvalue weighted by Crippen LogP contribution is -2.39. The van der Waals surface area contributed by atoms with E-state index in [1.807, 2.05) is 13.8 Å². The number of amides is 1. The molecule has 0 aliphatic heterocycles. The van der Waals surface area contributed by atoms with E-state index in [0.29, 0.717) is 12.5 Å². The molecular weight excluding hydrogens is 242 g/mol. The first kappa shape index (κ1) is 16.1. The number of carboxylic acids is 1. The SMILES string of the molecule is CC(C)CNC(=O)C(C)S(=O)CC(C)C(=O)O. The normalized spacial score (nSPS) is 16.3. The van der Waals surface area contributed by atoms with Crippen LogP contribution < -0.4 is 5.32 Å². The highest BCUT2D eigenvalue weighted by Gasteiger charge is 2.23. The molecule has 2 N–H and O–H groups in total. The van der Waals surface area contributed by atoms with Gasteiger partial charge in [-0.25, -0.2) is 0 Å². The number of hydrogen-bond donors (Lipinski definition) is 2. The van der Waals surface area contributed by atoms with E-state index in [-0.39, 0.29) is 11.7 Å². The second kappa shape index (κ2) is 7.42. The van der Waals surface area contributed by atoms with Crippen molar-refractivity contribution in [3.8, 4) is 0 Å². The average molecular weight is 263 g/mol. The van der Waals surface area contributed by atoms with Gasteiger partial charge in [-0.15, -0.1) is 0 Å². The third-order valence-corrected chi connectivity index (χ3v) is 4.12. The zero-order valence-corrected chi connectivity index (χ0v) is 11.5. The molecule has 0 rings (SSSR count). The quantitative estimate of drug-likeness (QED) is 0.705. The predicted molar refractivity (Wildman–Crippen MR) is 67.1 cm³/mol. The smallest absolute Gasteiger partial charge is 0.307 e. The van der Waals surface area contributed by atoms with Gasteiger partial charge in [0.15, 0.2) is 0 Å². The van der Waals surface area contributed by atoms with Crippen LogP contribution in [0.1, 0.15) is 27.7 Å². The molecular formula is C11H21NO4S. The first-order valence-electron chi connectivity index (χ1n) is 5.63. The molecule has 0 aliphatic carbocycles. The van der Waals surface area contributed by atoms with E-state index < -0.39 is 27.9 Å². The van der Waals surface area contributed by atoms with Crippen LogP contribution in [-0.4, -0.2) is 38.7 Å². The maximum Gasteiger partial charge on any atom is 0.307 e. The first-order valence-corrected chi connectivity index (χ1v) is 7.01. The van der Waals surface area contributed by atoms with Crippen molar-refractivity contribution in [3.05, 3.63) is 0 Å². The van der Waals surface area contributed by atoms with Crippen molar-refractivity contribution in [1.29, 1.82) is 0 Å². The van der Waals surface area contributed by atoms with E-state index in [1.54, 1.807) is 6.92 Å². The summed E-state index contributed by atoms with van der Waals surface area (Å²) < 4.78 is 11.7. The van der Waals surface area contributed by atoms with Crippen molar-refractivity contribution >= 4 is 22.7 Å². The van der Waals surface area contributed by atoms with Gasteiger partial charge in [-0.3, -0.25) is 13.8 Å². The van der Waals surface area contributed by atoms with E-state index in [4.69, 9.17) is 5.11 Å². The maximum absolute atomic E-state index is 11.7. The lowest BCUT2D eigenvalue weighted by molar-refractivity contribution is -0.140. The molecule has 3 atom stereocenters. The summed E-state index contributed by atoms with van der Waals surface area (Å²) >= 11 is 0. The molecule has 0 bridgehead atoms. The van der Waals surface area contributed by atoms with Crippen LogP contribution in [0.15, 0.2) is 0 Å². The lowest BCUT2D eigenvalue weighted by atomic mass is 10.2. The Labute approximate surface area is 104 Å². The van der Waals surface area contributed by atoms with Crippen LogP contribution in [-0.2, 0) is 20.4 Å². The Morgan fingerprint density at radius 3 is 2.18 bits per heavy atom. The van der Waals surface area contributed by atoms with Crippen molar-refractivity contribution in [2.75, 3.05) is 12.3 Å². The molecule has 0 aliphatic rings. The summed E-state index contributed by atoms with van der Waals surface area (Å²) in [5.74, 6) is -1.64. The Morgan fingerprint density at radius 2 is 1.76 bits per heavy atom. The van der Waals surface area contributed by atoms with Crippen molar-refractivity contribution in [2.24, 2.45) is 11.8 Å². The van der Waals surface area contributed by atoms with Crippen molar-refractivity contribution in [3.63, 3.8) is 0 Å². The molecule has 3 unspecified atom stereocenters. The second-order valence-corrected chi connectivity index (χ2v) is 6.37. The van der Waals surface area contributed by atoms with E-state index in [9.17, 15) is 13.8 Å². The molecule has 100 valence electrons. The third-order valence-electron chi connectivity index (χ3n) is 2.28. The van der Waals surface area contributed by atoms with Gasteiger partial charge in [-0.1, -0.05) is 20.8 Å². The molecule has 0 radical (unpaired) electrons. The monoisotopic (exact) mass is 263 g/mol. The first-order chi connectivity index (χ1) is 7.75. The van der Waals surface area contributed by atoms with Crippen LogP contribution >= 0.6 is 0 Å². The Balaban J connectivity index is 4.20. The molecule has 0 fully saturated rings. The van der Waals surface area contributed by atoms with Crippen LogP contribution in [0, 0.1) is 11.8 Å². The van der Waals surface area contributed by atoms with Gasteiger partial charge in [0.1, 0.15) is 5.25 Å².